The molecule has 20 nitrogen and oxygen atoms in total. The van der Waals surface area contributed by atoms with Crippen LogP contribution in [0, 0.1) is 0 Å². The first kappa shape index (κ1) is 39.0. The molecule has 0 spiro atoms. The van der Waals surface area contributed by atoms with Gasteiger partial charge in [-0.3, -0.25) is 4.79 Å². The lowest BCUT2D eigenvalue weighted by molar-refractivity contribution is -0.350. The summed E-state index contributed by atoms with van der Waals surface area (Å²) in [4.78, 5) is 13.9. The van der Waals surface area contributed by atoms with Gasteiger partial charge in [-0.15, -0.1) is 0 Å². The number of rotatable bonds is 9. The van der Waals surface area contributed by atoms with E-state index in [0.717, 1.165) is 12.1 Å². The molecule has 3 fully saturated rings. The Morgan fingerprint density at radius 1 is 0.660 bits per heavy atom. The second-order valence-electron chi connectivity index (χ2n) is 12.9. The van der Waals surface area contributed by atoms with Crippen LogP contribution in [0.2, 0.25) is 0 Å². The number of aromatic hydroxyl groups is 2. The highest BCUT2D eigenvalue weighted by Gasteiger charge is 2.51. The Hall–Kier alpha value is -3.71. The van der Waals surface area contributed by atoms with Crippen molar-refractivity contribution in [1.82, 2.24) is 0 Å². The summed E-state index contributed by atoms with van der Waals surface area (Å²) in [6.45, 7) is -0.152. The lowest BCUT2D eigenvalue weighted by Crippen LogP contribution is -2.64. The first-order chi connectivity index (χ1) is 25.1. The summed E-state index contributed by atoms with van der Waals surface area (Å²) in [5.74, 6) is -2.11. The van der Waals surface area contributed by atoms with E-state index in [2.05, 4.69) is 0 Å². The molecule has 0 saturated carbocycles. The average Bonchev–Trinajstić information content (AvgIpc) is 3.13. The fraction of sp³-hybridized carbons (Fsp3) is 0.545. The van der Waals surface area contributed by atoms with Crippen LogP contribution in [0.15, 0.2) is 45.6 Å². The molecule has 1 aromatic heterocycles. The summed E-state index contributed by atoms with van der Waals surface area (Å²) in [5, 5.41) is 123. The van der Waals surface area contributed by atoms with Gasteiger partial charge < -0.3 is 94.1 Å². The Bertz CT molecular complexity index is 1780. The Labute approximate surface area is 298 Å². The summed E-state index contributed by atoms with van der Waals surface area (Å²) in [7, 11) is 0. The largest absolute Gasteiger partial charge is 0.508 e. The molecule has 53 heavy (non-hydrogen) atoms. The number of aliphatic hydroxyl groups excluding tert-OH is 10. The average molecular weight is 757 g/mol. The highest BCUT2D eigenvalue weighted by molar-refractivity contribution is 5.88. The minimum Gasteiger partial charge on any atom is -0.508 e. The lowest BCUT2D eigenvalue weighted by Gasteiger charge is -2.45. The van der Waals surface area contributed by atoms with Crippen LogP contribution in [-0.4, -0.2) is 167 Å². The normalized spacial score (nSPS) is 37.8. The van der Waals surface area contributed by atoms with Crippen molar-refractivity contribution in [2.75, 3.05) is 13.2 Å². The maximum atomic E-state index is 13.9. The molecule has 0 radical (unpaired) electrons. The van der Waals surface area contributed by atoms with Gasteiger partial charge in [-0.2, -0.15) is 0 Å². The van der Waals surface area contributed by atoms with Gasteiger partial charge in [-0.25, -0.2) is 0 Å². The van der Waals surface area contributed by atoms with E-state index in [0.29, 0.717) is 0 Å². The van der Waals surface area contributed by atoms with Crippen molar-refractivity contribution in [3.63, 3.8) is 0 Å². The van der Waals surface area contributed by atoms with Crippen LogP contribution in [-0.2, 0) is 18.9 Å². The number of fused-ring (bicyclic) bond motifs is 1. The molecule has 15 atom stereocenters. The number of ether oxygens (including phenoxy) is 6. The molecule has 3 aromatic rings. The Balaban J connectivity index is 1.32. The fourth-order valence-electron chi connectivity index (χ4n) is 6.24. The van der Waals surface area contributed by atoms with Gasteiger partial charge in [-0.05, 0) is 31.2 Å². The van der Waals surface area contributed by atoms with E-state index < -0.39 is 128 Å². The SMILES string of the molecule is C[C@@H]1O[C@@H](Oc2cc(O)c3c(=O)c(O[C@@H]4O[C@H](CO)[C@H](O)[C@H](O)[C@H]4O)c(-c4ccc(O)cc4)oc3c2)[C@H](O)[C@H](O[C@@H]2O[C@H](CO)[C@@H](O)[C@H](O)[C@H]2O)[C@H]1O. The van der Waals surface area contributed by atoms with E-state index in [1.165, 1.54) is 31.2 Å². The predicted molar refractivity (Wildman–Crippen MR) is 171 cm³/mol. The van der Waals surface area contributed by atoms with Crippen LogP contribution in [0.25, 0.3) is 22.3 Å². The molecule has 0 amide bonds. The third-order valence-corrected chi connectivity index (χ3v) is 9.29. The van der Waals surface area contributed by atoms with E-state index in [4.69, 9.17) is 32.8 Å². The van der Waals surface area contributed by atoms with Gasteiger partial charge in [0.1, 0.15) is 95.4 Å². The van der Waals surface area contributed by atoms with Crippen LogP contribution in [0.1, 0.15) is 6.92 Å². The zero-order valence-corrected chi connectivity index (χ0v) is 27.7. The number of aliphatic hydroxyl groups is 10. The summed E-state index contributed by atoms with van der Waals surface area (Å²) >= 11 is 0. The highest BCUT2D eigenvalue weighted by Crippen LogP contribution is 2.39. The summed E-state index contributed by atoms with van der Waals surface area (Å²) in [5.41, 5.74) is -1.20. The van der Waals surface area contributed by atoms with E-state index >= 15 is 0 Å². The summed E-state index contributed by atoms with van der Waals surface area (Å²) in [6.07, 6.45) is -24.9. The second-order valence-corrected chi connectivity index (χ2v) is 12.9. The van der Waals surface area contributed by atoms with Gasteiger partial charge in [0.2, 0.25) is 23.8 Å². The number of hydrogen-bond donors (Lipinski definition) is 12. The monoisotopic (exact) mass is 756 g/mol. The number of phenolic OH excluding ortho intramolecular Hbond substituents is 2. The molecule has 20 heteroatoms. The van der Waals surface area contributed by atoms with Crippen molar-refractivity contribution in [1.29, 1.82) is 0 Å². The van der Waals surface area contributed by atoms with Crippen LogP contribution < -0.4 is 14.9 Å². The Morgan fingerprint density at radius 3 is 1.83 bits per heavy atom. The van der Waals surface area contributed by atoms with E-state index in [1.54, 1.807) is 0 Å². The minimum atomic E-state index is -1.92. The lowest BCUT2D eigenvalue weighted by atomic mass is 9.97. The van der Waals surface area contributed by atoms with Gasteiger partial charge >= 0.3 is 0 Å². The van der Waals surface area contributed by atoms with Crippen molar-refractivity contribution in [3.05, 3.63) is 46.6 Å². The third kappa shape index (κ3) is 7.39. The second kappa shape index (κ2) is 15.6. The molecule has 0 unspecified atom stereocenters. The topological polar surface area (TPSA) is 328 Å². The maximum Gasteiger partial charge on any atom is 0.239 e. The first-order valence-electron chi connectivity index (χ1n) is 16.4. The molecule has 4 heterocycles. The number of benzene rings is 2. The molecule has 3 saturated heterocycles. The van der Waals surface area contributed by atoms with Gasteiger partial charge in [0.15, 0.2) is 12.1 Å². The Morgan fingerprint density at radius 2 is 1.23 bits per heavy atom. The molecule has 292 valence electrons. The minimum absolute atomic E-state index is 0.134. The molecular formula is C33H40O20. The fourth-order valence-corrected chi connectivity index (χ4v) is 6.24. The van der Waals surface area contributed by atoms with E-state index in [9.17, 15) is 66.1 Å². The molecule has 0 aliphatic carbocycles. The molecule has 6 rings (SSSR count). The quantitative estimate of drug-likeness (QED) is 0.0992. The molecule has 2 aromatic carbocycles. The number of phenols is 2. The summed E-state index contributed by atoms with van der Waals surface area (Å²) < 4.78 is 39.5. The van der Waals surface area contributed by atoms with Crippen molar-refractivity contribution in [2.24, 2.45) is 0 Å². The van der Waals surface area contributed by atoms with Crippen molar-refractivity contribution >= 4 is 11.0 Å². The smallest absolute Gasteiger partial charge is 0.239 e. The van der Waals surface area contributed by atoms with Crippen molar-refractivity contribution in [2.45, 2.75) is 99.0 Å². The van der Waals surface area contributed by atoms with Crippen molar-refractivity contribution < 1.29 is 94.1 Å². The molecule has 3 aliphatic heterocycles. The molecule has 12 N–H and O–H groups in total. The first-order valence-corrected chi connectivity index (χ1v) is 16.4. The molecule has 0 bridgehead atoms. The Kier molecular flexibility index (Phi) is 11.5. The van der Waals surface area contributed by atoms with E-state index in [1.807, 2.05) is 0 Å². The summed E-state index contributed by atoms with van der Waals surface area (Å²) in [6, 6.07) is 7.29. The van der Waals surface area contributed by atoms with Crippen LogP contribution in [0.4, 0.5) is 0 Å². The number of hydrogen-bond acceptors (Lipinski definition) is 20. The highest BCUT2D eigenvalue weighted by atomic mass is 16.7. The molecule has 3 aliphatic rings. The van der Waals surface area contributed by atoms with Gasteiger partial charge in [-0.1, -0.05) is 0 Å². The van der Waals surface area contributed by atoms with Crippen LogP contribution in [0.3, 0.4) is 0 Å². The van der Waals surface area contributed by atoms with Crippen LogP contribution in [0.5, 0.6) is 23.0 Å². The molecular weight excluding hydrogens is 716 g/mol. The van der Waals surface area contributed by atoms with Crippen LogP contribution >= 0.6 is 0 Å². The standard InChI is InChI=1S/C33H40O20/c1-10-19(38)29(52-31-25(44)23(42)20(39)16(8-34)50-31)27(46)33(47-10)48-13-6-14(37)18-15(7-13)49-28(11-2-4-12(36)5-3-11)30(22(18)41)53-32-26(45)24(43)21(40)17(9-35)51-32/h2-7,10,16-17,19-21,23-27,29,31-40,42-46H,8-9H2,1H3/t10-,16+,17+,19-,20+,21-,23-,24-,25+,26+,27+,29+,31-,32-,33-/m0/s1. The maximum absolute atomic E-state index is 13.9. The zero-order valence-electron chi connectivity index (χ0n) is 27.7. The van der Waals surface area contributed by atoms with Crippen molar-refractivity contribution in [3.8, 4) is 34.3 Å². The predicted octanol–water partition coefficient (Wildman–Crippen LogP) is -3.92. The third-order valence-electron chi connectivity index (χ3n) is 9.29. The van der Waals surface area contributed by atoms with Gasteiger partial charge in [0.05, 0.1) is 19.3 Å². The van der Waals surface area contributed by atoms with Gasteiger partial charge in [0.25, 0.3) is 0 Å². The van der Waals surface area contributed by atoms with Gasteiger partial charge in [0, 0.05) is 17.7 Å². The zero-order chi connectivity index (χ0) is 38.5. The van der Waals surface area contributed by atoms with E-state index in [-0.39, 0.29) is 28.4 Å².